The van der Waals surface area contributed by atoms with Gasteiger partial charge in [0.2, 0.25) is 0 Å². The minimum absolute atomic E-state index is 0.188. The highest BCUT2D eigenvalue weighted by Crippen LogP contribution is 2.13. The molecule has 0 aromatic carbocycles. The van der Waals surface area contributed by atoms with E-state index in [9.17, 15) is 4.79 Å². The smallest absolute Gasteiger partial charge is 0.410 e. The van der Waals surface area contributed by atoms with E-state index in [2.05, 4.69) is 27.7 Å². The molecule has 0 aliphatic heterocycles. The summed E-state index contributed by atoms with van der Waals surface area (Å²) in [6, 6.07) is 0. The Morgan fingerprint density at radius 3 is 2.00 bits per heavy atom. The highest BCUT2D eigenvalue weighted by molar-refractivity contribution is 5.68. The van der Waals surface area contributed by atoms with Gasteiger partial charge in [-0.1, -0.05) is 27.7 Å². The van der Waals surface area contributed by atoms with Crippen molar-refractivity contribution in [3.05, 3.63) is 0 Å². The maximum Gasteiger partial charge on any atom is 0.410 e. The van der Waals surface area contributed by atoms with Gasteiger partial charge in [0.15, 0.2) is 0 Å². The Bertz CT molecular complexity index is 229. The van der Waals surface area contributed by atoms with Crippen molar-refractivity contribution in [2.24, 2.45) is 11.8 Å². The van der Waals surface area contributed by atoms with E-state index >= 15 is 0 Å². The first-order chi connectivity index (χ1) is 7.61. The second kappa shape index (κ2) is 6.87. The SMILES string of the molecule is CC(C)CCN(CC(C)C)C(=O)OC(C)(C)C. The third-order valence-electron chi connectivity index (χ3n) is 2.21. The Morgan fingerprint density at radius 2 is 1.65 bits per heavy atom. The van der Waals surface area contributed by atoms with Gasteiger partial charge in [-0.3, -0.25) is 0 Å². The lowest BCUT2D eigenvalue weighted by Crippen LogP contribution is -2.39. The lowest BCUT2D eigenvalue weighted by Gasteiger charge is -2.29. The summed E-state index contributed by atoms with van der Waals surface area (Å²) in [5.41, 5.74) is -0.413. The number of rotatable bonds is 5. The average molecular weight is 243 g/mol. The van der Waals surface area contributed by atoms with Crippen molar-refractivity contribution in [2.45, 2.75) is 60.5 Å². The van der Waals surface area contributed by atoms with Crippen LogP contribution in [0.2, 0.25) is 0 Å². The second-order valence-electron chi connectivity index (χ2n) is 6.50. The van der Waals surface area contributed by atoms with E-state index in [-0.39, 0.29) is 6.09 Å². The van der Waals surface area contributed by atoms with E-state index in [0.29, 0.717) is 11.8 Å². The number of hydrogen-bond donors (Lipinski definition) is 0. The summed E-state index contributed by atoms with van der Waals surface area (Å²) in [6.07, 6.45) is 0.832. The van der Waals surface area contributed by atoms with E-state index in [0.717, 1.165) is 19.5 Å². The number of amides is 1. The molecule has 0 bridgehead atoms. The summed E-state index contributed by atoms with van der Waals surface area (Å²) >= 11 is 0. The largest absolute Gasteiger partial charge is 0.444 e. The predicted molar refractivity (Wildman–Crippen MR) is 72.1 cm³/mol. The van der Waals surface area contributed by atoms with Crippen LogP contribution < -0.4 is 0 Å². The van der Waals surface area contributed by atoms with Crippen LogP contribution in [-0.4, -0.2) is 29.7 Å². The van der Waals surface area contributed by atoms with Crippen LogP contribution in [0.3, 0.4) is 0 Å². The van der Waals surface area contributed by atoms with Crippen molar-refractivity contribution in [1.82, 2.24) is 4.90 Å². The minimum Gasteiger partial charge on any atom is -0.444 e. The molecule has 0 aromatic rings. The van der Waals surface area contributed by atoms with Crippen LogP contribution in [0.1, 0.15) is 54.9 Å². The van der Waals surface area contributed by atoms with Crippen molar-refractivity contribution >= 4 is 6.09 Å². The number of nitrogens with zero attached hydrogens (tertiary/aromatic N) is 1. The molecule has 0 radical (unpaired) electrons. The van der Waals surface area contributed by atoms with Gasteiger partial charge in [0, 0.05) is 13.1 Å². The molecule has 0 heterocycles. The van der Waals surface area contributed by atoms with Gasteiger partial charge in [-0.25, -0.2) is 4.79 Å². The molecule has 0 spiro atoms. The summed E-state index contributed by atoms with van der Waals surface area (Å²) in [4.78, 5) is 13.8. The molecule has 0 aliphatic carbocycles. The molecular formula is C14H29NO2. The van der Waals surface area contributed by atoms with Crippen molar-refractivity contribution in [3.63, 3.8) is 0 Å². The molecule has 0 fully saturated rings. The molecular weight excluding hydrogens is 214 g/mol. The molecule has 102 valence electrons. The summed E-state index contributed by atoms with van der Waals surface area (Å²) in [6.45, 7) is 15.8. The van der Waals surface area contributed by atoms with Crippen LogP contribution in [0.25, 0.3) is 0 Å². The first-order valence-electron chi connectivity index (χ1n) is 6.59. The molecule has 3 nitrogen and oxygen atoms in total. The fourth-order valence-corrected chi connectivity index (χ4v) is 1.44. The topological polar surface area (TPSA) is 29.5 Å². The number of carbonyl (C=O) groups excluding carboxylic acids is 1. The zero-order valence-electron chi connectivity index (χ0n) is 12.5. The van der Waals surface area contributed by atoms with E-state index in [1.807, 2.05) is 25.7 Å². The maximum absolute atomic E-state index is 12.0. The molecule has 17 heavy (non-hydrogen) atoms. The average Bonchev–Trinajstić information content (AvgIpc) is 2.08. The van der Waals surface area contributed by atoms with E-state index in [4.69, 9.17) is 4.74 Å². The van der Waals surface area contributed by atoms with Crippen LogP contribution in [0.5, 0.6) is 0 Å². The minimum atomic E-state index is -0.413. The molecule has 0 unspecified atom stereocenters. The normalized spacial score (nSPS) is 12.1. The first-order valence-corrected chi connectivity index (χ1v) is 6.59. The van der Waals surface area contributed by atoms with Gasteiger partial charge >= 0.3 is 6.09 Å². The summed E-state index contributed by atoms with van der Waals surface area (Å²) in [5, 5.41) is 0. The van der Waals surface area contributed by atoms with Gasteiger partial charge < -0.3 is 9.64 Å². The van der Waals surface area contributed by atoms with Crippen LogP contribution in [-0.2, 0) is 4.74 Å². The van der Waals surface area contributed by atoms with Gasteiger partial charge in [0.1, 0.15) is 5.60 Å². The van der Waals surface area contributed by atoms with Crippen molar-refractivity contribution < 1.29 is 9.53 Å². The lowest BCUT2D eigenvalue weighted by atomic mass is 10.1. The van der Waals surface area contributed by atoms with Gasteiger partial charge in [-0.15, -0.1) is 0 Å². The molecule has 0 atom stereocenters. The first kappa shape index (κ1) is 16.3. The van der Waals surface area contributed by atoms with Crippen LogP contribution in [0.4, 0.5) is 4.79 Å². The fraction of sp³-hybridized carbons (Fsp3) is 0.929. The summed E-state index contributed by atoms with van der Waals surface area (Å²) in [7, 11) is 0. The third-order valence-corrected chi connectivity index (χ3v) is 2.21. The van der Waals surface area contributed by atoms with E-state index < -0.39 is 5.60 Å². The van der Waals surface area contributed by atoms with Gasteiger partial charge in [-0.2, -0.15) is 0 Å². The summed E-state index contributed by atoms with van der Waals surface area (Å²) < 4.78 is 5.42. The van der Waals surface area contributed by atoms with Crippen molar-refractivity contribution in [3.8, 4) is 0 Å². The number of carbonyl (C=O) groups is 1. The second-order valence-corrected chi connectivity index (χ2v) is 6.50. The lowest BCUT2D eigenvalue weighted by molar-refractivity contribution is 0.0220. The standard InChI is InChI=1S/C14H29NO2/c1-11(2)8-9-15(10-12(3)4)13(16)17-14(5,6)7/h11-12H,8-10H2,1-7H3. The molecule has 3 heteroatoms. The number of ether oxygens (including phenoxy) is 1. The van der Waals surface area contributed by atoms with E-state index in [1.165, 1.54) is 0 Å². The Balaban J connectivity index is 4.40. The molecule has 0 saturated carbocycles. The Labute approximate surface area is 107 Å². The van der Waals surface area contributed by atoms with Crippen molar-refractivity contribution in [2.75, 3.05) is 13.1 Å². The van der Waals surface area contributed by atoms with Crippen LogP contribution >= 0.6 is 0 Å². The Morgan fingerprint density at radius 1 is 1.12 bits per heavy atom. The van der Waals surface area contributed by atoms with Crippen LogP contribution in [0.15, 0.2) is 0 Å². The van der Waals surface area contributed by atoms with Gasteiger partial charge in [0.05, 0.1) is 0 Å². The zero-order valence-corrected chi connectivity index (χ0v) is 12.5. The fourth-order valence-electron chi connectivity index (χ4n) is 1.44. The number of hydrogen-bond acceptors (Lipinski definition) is 2. The zero-order chi connectivity index (χ0) is 13.6. The molecule has 0 N–H and O–H groups in total. The van der Waals surface area contributed by atoms with Gasteiger partial charge in [0.25, 0.3) is 0 Å². The van der Waals surface area contributed by atoms with Crippen LogP contribution in [0, 0.1) is 11.8 Å². The summed E-state index contributed by atoms with van der Waals surface area (Å²) in [5.74, 6) is 1.07. The maximum atomic E-state index is 12.0. The third kappa shape index (κ3) is 9.02. The van der Waals surface area contributed by atoms with E-state index in [1.54, 1.807) is 0 Å². The van der Waals surface area contributed by atoms with Crippen molar-refractivity contribution in [1.29, 1.82) is 0 Å². The highest BCUT2D eigenvalue weighted by atomic mass is 16.6. The van der Waals surface area contributed by atoms with Gasteiger partial charge in [-0.05, 0) is 39.0 Å². The molecule has 0 rings (SSSR count). The molecule has 1 amide bonds. The quantitative estimate of drug-likeness (QED) is 0.732. The Kier molecular flexibility index (Phi) is 6.58. The molecule has 0 aliphatic rings. The molecule has 0 aromatic heterocycles. The monoisotopic (exact) mass is 243 g/mol. The highest BCUT2D eigenvalue weighted by Gasteiger charge is 2.22. The predicted octanol–water partition coefficient (Wildman–Crippen LogP) is 3.93. The molecule has 0 saturated heterocycles. The Hall–Kier alpha value is -0.730.